The molecule has 1 aromatic rings. The highest BCUT2D eigenvalue weighted by atomic mass is 19.2. The Labute approximate surface area is 147 Å². The zero-order chi connectivity index (χ0) is 18.7. The van der Waals surface area contributed by atoms with Gasteiger partial charge >= 0.3 is 6.97 Å². The van der Waals surface area contributed by atoms with Gasteiger partial charge in [0.15, 0.2) is 5.70 Å². The molecule has 7 heteroatoms. The second-order valence-electron chi connectivity index (χ2n) is 6.96. The monoisotopic (exact) mass is 347 g/mol. The summed E-state index contributed by atoms with van der Waals surface area (Å²) >= 11 is 0. The number of aryl methyl sites for hydroxylation is 2. The lowest BCUT2D eigenvalue weighted by molar-refractivity contribution is -0.363. The summed E-state index contributed by atoms with van der Waals surface area (Å²) in [6.07, 6.45) is 0.798. The topological polar surface area (TPSA) is 37.0 Å². The van der Waals surface area contributed by atoms with Gasteiger partial charge < -0.3 is 22.9 Å². The Hall–Kier alpha value is -2.18. The predicted molar refractivity (Wildman–Crippen MR) is 96.8 cm³/mol. The molecule has 2 aliphatic heterocycles. The van der Waals surface area contributed by atoms with Crippen molar-refractivity contribution in [2.45, 2.75) is 48.0 Å². The second kappa shape index (κ2) is 5.68. The molecular weight excluding hydrogens is 323 g/mol. The van der Waals surface area contributed by atoms with Crippen LogP contribution in [-0.2, 0) is 4.79 Å². The third-order valence-corrected chi connectivity index (χ3v) is 5.21. The van der Waals surface area contributed by atoms with E-state index >= 15 is 8.63 Å². The van der Waals surface area contributed by atoms with Gasteiger partial charge in [-0.2, -0.15) is 0 Å². The van der Waals surface area contributed by atoms with Crippen molar-refractivity contribution in [1.29, 1.82) is 0 Å². The third kappa shape index (κ3) is 2.24. The Kier molecular flexibility index (Phi) is 4.01. The van der Waals surface area contributed by atoms with Gasteiger partial charge in [0.2, 0.25) is 0 Å². The molecule has 0 radical (unpaired) electrons. The highest BCUT2D eigenvalue weighted by Gasteiger charge is 2.56. The van der Waals surface area contributed by atoms with E-state index in [1.807, 2.05) is 20.8 Å². The number of rotatable bonds is 3. The fourth-order valence-electron chi connectivity index (χ4n) is 4.29. The van der Waals surface area contributed by atoms with Crippen molar-refractivity contribution in [2.75, 3.05) is 6.54 Å². The summed E-state index contributed by atoms with van der Waals surface area (Å²) in [5, 5.41) is 2.81. The Morgan fingerprint density at radius 3 is 2.44 bits per heavy atom. The minimum atomic E-state index is -4.04. The molecule has 0 fully saturated rings. The Balaban J connectivity index is 2.29. The summed E-state index contributed by atoms with van der Waals surface area (Å²) in [6.45, 7) is 7.23. The maximum Gasteiger partial charge on any atom is 0.737 e. The number of allylic oxidation sites excluding steroid dienone is 2. The van der Waals surface area contributed by atoms with Crippen molar-refractivity contribution in [3.05, 3.63) is 39.9 Å². The van der Waals surface area contributed by atoms with E-state index in [1.165, 1.54) is 0 Å². The lowest BCUT2D eigenvalue weighted by Crippen LogP contribution is -2.51. The molecule has 0 bridgehead atoms. The van der Waals surface area contributed by atoms with E-state index < -0.39 is 6.97 Å². The van der Waals surface area contributed by atoms with Crippen LogP contribution in [0, 0.1) is 13.8 Å². The fraction of sp³-hybridized carbons (Fsp3) is 0.444. The van der Waals surface area contributed by atoms with E-state index in [0.29, 0.717) is 40.5 Å². The number of carbonyl (C=O) groups is 1. The molecule has 0 spiro atoms. The van der Waals surface area contributed by atoms with Gasteiger partial charge in [0.05, 0.1) is 0 Å². The van der Waals surface area contributed by atoms with Crippen LogP contribution in [-0.4, -0.2) is 34.1 Å². The van der Waals surface area contributed by atoms with Crippen LogP contribution in [0.5, 0.6) is 0 Å². The van der Waals surface area contributed by atoms with Gasteiger partial charge in [-0.05, 0) is 51.4 Å². The Morgan fingerprint density at radius 1 is 1.20 bits per heavy atom. The highest BCUT2D eigenvalue weighted by Crippen LogP contribution is 2.42. The number of halogens is 2. The van der Waals surface area contributed by atoms with Gasteiger partial charge in [0.1, 0.15) is 11.3 Å². The van der Waals surface area contributed by atoms with Gasteiger partial charge in [-0.15, -0.1) is 0 Å². The number of aromatic nitrogens is 1. The van der Waals surface area contributed by atoms with Crippen molar-refractivity contribution in [3.63, 3.8) is 0 Å². The van der Waals surface area contributed by atoms with Crippen LogP contribution in [0.15, 0.2) is 22.9 Å². The highest BCUT2D eigenvalue weighted by molar-refractivity contribution is 6.58. The van der Waals surface area contributed by atoms with Gasteiger partial charge in [-0.25, -0.2) is 0 Å². The van der Waals surface area contributed by atoms with E-state index in [9.17, 15) is 4.79 Å². The first-order valence-corrected chi connectivity index (χ1v) is 8.69. The van der Waals surface area contributed by atoms with Gasteiger partial charge in [0, 0.05) is 30.3 Å². The number of hydrogen-bond acceptors (Lipinski definition) is 1. The van der Waals surface area contributed by atoms with Crippen molar-refractivity contribution in [3.8, 4) is 0 Å². The van der Waals surface area contributed by atoms with Crippen LogP contribution in [0.4, 0.5) is 8.63 Å². The maximum absolute atomic E-state index is 15.5. The van der Waals surface area contributed by atoms with Crippen molar-refractivity contribution >= 4 is 24.2 Å². The van der Waals surface area contributed by atoms with E-state index in [1.54, 1.807) is 26.8 Å². The number of hydrogen-bond donors (Lipinski definition) is 1. The second-order valence-corrected chi connectivity index (χ2v) is 6.96. The fourth-order valence-corrected chi connectivity index (χ4v) is 4.29. The van der Waals surface area contributed by atoms with E-state index in [-0.39, 0.29) is 5.91 Å². The summed E-state index contributed by atoms with van der Waals surface area (Å²) in [5.74, 6) is -0.281. The van der Waals surface area contributed by atoms with Crippen LogP contribution in [0.2, 0.25) is 0 Å². The number of carbonyl (C=O) groups excluding carboxylic acids is 1. The summed E-state index contributed by atoms with van der Waals surface area (Å²) < 4.78 is 33.1. The van der Waals surface area contributed by atoms with Crippen molar-refractivity contribution in [2.24, 2.45) is 0 Å². The molecule has 0 saturated carbocycles. The minimum Gasteiger partial charge on any atom is -0.394 e. The van der Waals surface area contributed by atoms with Gasteiger partial charge in [-0.3, -0.25) is 4.79 Å². The summed E-state index contributed by atoms with van der Waals surface area (Å²) in [5.41, 5.74) is 4.49. The average molecular weight is 347 g/mol. The molecule has 25 heavy (non-hydrogen) atoms. The normalized spacial score (nSPS) is 18.7. The number of amides is 1. The lowest BCUT2D eigenvalue weighted by atomic mass is 9.86. The molecule has 0 aromatic carbocycles. The molecule has 2 aliphatic rings. The van der Waals surface area contributed by atoms with Gasteiger partial charge in [0.25, 0.3) is 5.91 Å². The first-order valence-electron chi connectivity index (χ1n) is 8.69. The smallest absolute Gasteiger partial charge is 0.394 e. The molecule has 0 atom stereocenters. The van der Waals surface area contributed by atoms with E-state index in [0.717, 1.165) is 26.5 Å². The predicted octanol–water partition coefficient (Wildman–Crippen LogP) is 3.40. The SMILES string of the molecule is CCCNC(=O)C1=C(C)C2=C(C)c3c(C)cc(C)n3[B-](F)(F)[N+]2=C1C. The van der Waals surface area contributed by atoms with Crippen LogP contribution in [0.25, 0.3) is 5.57 Å². The molecule has 0 unspecified atom stereocenters. The minimum absolute atomic E-state index is 0.281. The van der Waals surface area contributed by atoms with Crippen LogP contribution >= 0.6 is 0 Å². The Bertz CT molecular complexity index is 890. The zero-order valence-electron chi connectivity index (χ0n) is 15.6. The standard InChI is InChI=1S/C18H24BF2N3O/c1-7-8-22-18(25)15-12(4)17-13(5)16-10(2)9-11(3)23(16)19(20,21)24(17)14(15)6/h9H,7-8H2,1-6H3,(H,22,25). The van der Waals surface area contributed by atoms with E-state index in [2.05, 4.69) is 5.32 Å². The van der Waals surface area contributed by atoms with Crippen LogP contribution in [0.3, 0.4) is 0 Å². The molecule has 1 N–H and O–H groups in total. The molecule has 3 heterocycles. The molecular formula is C18H24BF2N3O. The molecule has 1 aromatic heterocycles. The molecule has 134 valence electrons. The van der Waals surface area contributed by atoms with Crippen LogP contribution < -0.4 is 5.32 Å². The van der Waals surface area contributed by atoms with E-state index in [4.69, 9.17) is 0 Å². The van der Waals surface area contributed by atoms with Crippen molar-refractivity contribution in [1.82, 2.24) is 9.79 Å². The zero-order valence-corrected chi connectivity index (χ0v) is 15.6. The van der Waals surface area contributed by atoms with Crippen LogP contribution in [0.1, 0.15) is 51.1 Å². The summed E-state index contributed by atoms with van der Waals surface area (Å²) in [6, 6.07) is 1.79. The summed E-state index contributed by atoms with van der Waals surface area (Å²) in [7, 11) is 0. The molecule has 4 nitrogen and oxygen atoms in total. The Morgan fingerprint density at radius 2 is 1.84 bits per heavy atom. The third-order valence-electron chi connectivity index (χ3n) is 5.21. The quantitative estimate of drug-likeness (QED) is 0.836. The summed E-state index contributed by atoms with van der Waals surface area (Å²) in [4.78, 5) is 12.5. The number of nitrogens with zero attached hydrogens (tertiary/aromatic N) is 2. The molecule has 0 saturated heterocycles. The number of fused-ring (bicyclic) bond motifs is 2. The maximum atomic E-state index is 15.5. The molecule has 1 amide bonds. The first kappa shape index (κ1) is 17.6. The van der Waals surface area contributed by atoms with Crippen molar-refractivity contribution < 1.29 is 17.9 Å². The molecule has 0 aliphatic carbocycles. The average Bonchev–Trinajstić information content (AvgIpc) is 2.97. The number of nitrogens with one attached hydrogen (secondary N) is 1. The lowest BCUT2D eigenvalue weighted by Gasteiger charge is -2.32. The molecule has 3 rings (SSSR count). The largest absolute Gasteiger partial charge is 0.737 e. The first-order chi connectivity index (χ1) is 11.6. The van der Waals surface area contributed by atoms with Gasteiger partial charge in [-0.1, -0.05) is 6.92 Å².